The van der Waals surface area contributed by atoms with E-state index in [9.17, 15) is 13.2 Å². The summed E-state index contributed by atoms with van der Waals surface area (Å²) in [5.74, 6) is -0.205. The van der Waals surface area contributed by atoms with Gasteiger partial charge in [-0.1, -0.05) is 22.9 Å². The van der Waals surface area contributed by atoms with Gasteiger partial charge in [-0.2, -0.15) is 0 Å². The van der Waals surface area contributed by atoms with Crippen LogP contribution in [0.4, 0.5) is 5.13 Å². The number of amides is 1. The molecule has 36 heavy (non-hydrogen) atoms. The fraction of sp³-hybridized carbons (Fsp3) is 0.440. The average molecular weight is 573 g/mol. The number of anilines is 1. The third-order valence-electron chi connectivity index (χ3n) is 6.13. The number of fused-ring (bicyclic) bond motifs is 1. The van der Waals surface area contributed by atoms with Crippen molar-refractivity contribution in [3.63, 3.8) is 0 Å². The molecule has 7 nitrogen and oxygen atoms in total. The Labute approximate surface area is 227 Å². The van der Waals surface area contributed by atoms with Crippen molar-refractivity contribution in [1.29, 1.82) is 0 Å². The van der Waals surface area contributed by atoms with E-state index in [1.165, 1.54) is 23.5 Å². The van der Waals surface area contributed by atoms with Crippen molar-refractivity contribution in [2.24, 2.45) is 0 Å². The van der Waals surface area contributed by atoms with E-state index in [1.807, 2.05) is 19.1 Å². The highest BCUT2D eigenvalue weighted by Gasteiger charge is 2.24. The average Bonchev–Trinajstić information content (AvgIpc) is 3.26. The molecule has 2 aromatic carbocycles. The highest BCUT2D eigenvalue weighted by Crippen LogP contribution is 2.34. The maximum atomic E-state index is 13.6. The van der Waals surface area contributed by atoms with Crippen LogP contribution in [0, 0.1) is 6.92 Å². The number of ether oxygens (including phenoxy) is 1. The van der Waals surface area contributed by atoms with Crippen LogP contribution >= 0.6 is 35.3 Å². The summed E-state index contributed by atoms with van der Waals surface area (Å²) >= 11 is 7.68. The molecule has 3 aromatic rings. The summed E-state index contributed by atoms with van der Waals surface area (Å²) in [5, 5.41) is 0.715. The number of sulfone groups is 1. The summed E-state index contributed by atoms with van der Waals surface area (Å²) in [6, 6.07) is 9.93. The molecule has 1 aromatic heterocycles. The molecule has 0 N–H and O–H groups in total. The molecule has 0 bridgehead atoms. The van der Waals surface area contributed by atoms with Crippen molar-refractivity contribution in [2.45, 2.75) is 37.3 Å². The summed E-state index contributed by atoms with van der Waals surface area (Å²) < 4.78 is 31.3. The predicted octanol–water partition coefficient (Wildman–Crippen LogP) is 5.23. The van der Waals surface area contributed by atoms with Gasteiger partial charge in [-0.15, -0.1) is 12.4 Å². The SMILES string of the molecule is Cc1cc(Cl)cc2sc(N(CCCN3CCOCC3)C(=O)c3ccc(S(=O)(=O)C(C)C)cc3)nc12.Cl. The molecule has 0 spiro atoms. The highest BCUT2D eigenvalue weighted by molar-refractivity contribution is 7.92. The molecule has 0 radical (unpaired) electrons. The Morgan fingerprint density at radius 2 is 1.86 bits per heavy atom. The summed E-state index contributed by atoms with van der Waals surface area (Å²) in [5.41, 5.74) is 2.21. The number of hydrogen-bond donors (Lipinski definition) is 0. The fourth-order valence-corrected chi connectivity index (χ4v) is 6.54. The van der Waals surface area contributed by atoms with Crippen LogP contribution in [0.2, 0.25) is 5.02 Å². The smallest absolute Gasteiger partial charge is 0.260 e. The Morgan fingerprint density at radius 1 is 1.19 bits per heavy atom. The number of carbonyl (C=O) groups is 1. The standard InChI is InChI=1S/C25H30ClN3O4S2.ClH/c1-17(2)35(31,32)21-7-5-19(6-8-21)24(30)29(10-4-9-28-11-13-33-14-12-28)25-27-23-18(3)15-20(26)16-22(23)34-25;/h5-8,15-17H,4,9-14H2,1-3H3;1H. The molecule has 1 aliphatic heterocycles. The van der Waals surface area contributed by atoms with Gasteiger partial charge in [0.25, 0.3) is 5.91 Å². The first-order valence-electron chi connectivity index (χ1n) is 11.7. The normalized spacial score (nSPS) is 14.7. The van der Waals surface area contributed by atoms with Gasteiger partial charge in [0, 0.05) is 36.8 Å². The summed E-state index contributed by atoms with van der Waals surface area (Å²) in [4.78, 5) is 22.7. The minimum Gasteiger partial charge on any atom is -0.379 e. The van der Waals surface area contributed by atoms with Crippen molar-refractivity contribution in [3.8, 4) is 0 Å². The monoisotopic (exact) mass is 571 g/mol. The van der Waals surface area contributed by atoms with Crippen molar-refractivity contribution < 1.29 is 17.9 Å². The molecule has 0 saturated carbocycles. The molecular formula is C25H31Cl2N3O4S2. The lowest BCUT2D eigenvalue weighted by Gasteiger charge is -2.27. The van der Waals surface area contributed by atoms with Gasteiger partial charge in [-0.3, -0.25) is 14.6 Å². The topological polar surface area (TPSA) is 79.8 Å². The van der Waals surface area contributed by atoms with E-state index in [-0.39, 0.29) is 23.2 Å². The van der Waals surface area contributed by atoms with Gasteiger partial charge in [0.1, 0.15) is 0 Å². The molecule has 1 amide bonds. The molecular weight excluding hydrogens is 541 g/mol. The van der Waals surface area contributed by atoms with Crippen LogP contribution in [0.3, 0.4) is 0 Å². The largest absolute Gasteiger partial charge is 0.379 e. The third-order valence-corrected chi connectivity index (χ3v) is 9.54. The number of carbonyl (C=O) groups excluding carboxylic acids is 1. The Bertz CT molecular complexity index is 1300. The molecule has 0 unspecified atom stereocenters. The number of aromatic nitrogens is 1. The number of halogens is 2. The van der Waals surface area contributed by atoms with Gasteiger partial charge in [0.2, 0.25) is 0 Å². The lowest BCUT2D eigenvalue weighted by molar-refractivity contribution is 0.0376. The van der Waals surface area contributed by atoms with Crippen LogP contribution in [-0.2, 0) is 14.6 Å². The molecule has 1 saturated heterocycles. The lowest BCUT2D eigenvalue weighted by atomic mass is 10.2. The Kier molecular flexibility index (Phi) is 9.76. The first kappa shape index (κ1) is 28.8. The molecule has 1 aliphatic rings. The van der Waals surface area contributed by atoms with Crippen LogP contribution in [0.1, 0.15) is 36.2 Å². The second-order valence-electron chi connectivity index (χ2n) is 8.95. The van der Waals surface area contributed by atoms with Gasteiger partial charge in [-0.05, 0) is 69.2 Å². The zero-order chi connectivity index (χ0) is 25.2. The van der Waals surface area contributed by atoms with Gasteiger partial charge < -0.3 is 4.74 Å². The van der Waals surface area contributed by atoms with E-state index in [4.69, 9.17) is 21.3 Å². The van der Waals surface area contributed by atoms with Gasteiger partial charge in [0.05, 0.1) is 33.6 Å². The lowest BCUT2D eigenvalue weighted by Crippen LogP contribution is -2.39. The van der Waals surface area contributed by atoms with Crippen LogP contribution < -0.4 is 4.90 Å². The fourth-order valence-electron chi connectivity index (χ4n) is 4.03. The minimum atomic E-state index is -3.41. The number of nitrogens with zero attached hydrogens (tertiary/aromatic N) is 3. The molecule has 1 fully saturated rings. The second kappa shape index (κ2) is 12.2. The highest BCUT2D eigenvalue weighted by atomic mass is 35.5. The van der Waals surface area contributed by atoms with Gasteiger partial charge in [-0.25, -0.2) is 13.4 Å². The van der Waals surface area contributed by atoms with Crippen molar-refractivity contribution in [1.82, 2.24) is 9.88 Å². The number of hydrogen-bond acceptors (Lipinski definition) is 7. The van der Waals surface area contributed by atoms with E-state index < -0.39 is 15.1 Å². The molecule has 0 atom stereocenters. The molecule has 11 heteroatoms. The Balaban J connectivity index is 0.00000361. The third kappa shape index (κ3) is 6.38. The van der Waals surface area contributed by atoms with Crippen LogP contribution in [0.5, 0.6) is 0 Å². The van der Waals surface area contributed by atoms with Crippen LogP contribution in [-0.4, -0.2) is 68.9 Å². The van der Waals surface area contributed by atoms with Gasteiger partial charge in [0.15, 0.2) is 15.0 Å². The Hall–Kier alpha value is -1.75. The molecule has 196 valence electrons. The van der Waals surface area contributed by atoms with E-state index in [1.54, 1.807) is 30.9 Å². The van der Waals surface area contributed by atoms with Crippen LogP contribution in [0.25, 0.3) is 10.2 Å². The van der Waals surface area contributed by atoms with E-state index in [0.717, 1.165) is 55.0 Å². The number of benzene rings is 2. The quantitative estimate of drug-likeness (QED) is 0.368. The number of thiazole rings is 1. The first-order valence-corrected chi connectivity index (χ1v) is 14.4. The molecule has 2 heterocycles. The van der Waals surface area contributed by atoms with Crippen molar-refractivity contribution >= 4 is 66.4 Å². The second-order valence-corrected chi connectivity index (χ2v) is 12.9. The van der Waals surface area contributed by atoms with E-state index in [2.05, 4.69) is 4.90 Å². The van der Waals surface area contributed by atoms with Crippen molar-refractivity contribution in [3.05, 3.63) is 52.5 Å². The van der Waals surface area contributed by atoms with Gasteiger partial charge >= 0.3 is 0 Å². The maximum Gasteiger partial charge on any atom is 0.260 e. The zero-order valence-electron chi connectivity index (χ0n) is 20.6. The number of rotatable bonds is 8. The zero-order valence-corrected chi connectivity index (χ0v) is 23.8. The van der Waals surface area contributed by atoms with Crippen LogP contribution in [0.15, 0.2) is 41.3 Å². The first-order chi connectivity index (χ1) is 16.7. The Morgan fingerprint density at radius 3 is 2.50 bits per heavy atom. The minimum absolute atomic E-state index is 0. The summed E-state index contributed by atoms with van der Waals surface area (Å²) in [6.45, 7) is 9.83. The summed E-state index contributed by atoms with van der Waals surface area (Å²) in [6.07, 6.45) is 0.779. The number of aryl methyl sites for hydroxylation is 1. The predicted molar refractivity (Wildman–Crippen MR) is 149 cm³/mol. The van der Waals surface area contributed by atoms with Crippen molar-refractivity contribution in [2.75, 3.05) is 44.3 Å². The number of morpholine rings is 1. The summed E-state index contributed by atoms with van der Waals surface area (Å²) in [7, 11) is -3.41. The maximum absolute atomic E-state index is 13.6. The molecule has 4 rings (SSSR count). The molecule has 0 aliphatic carbocycles. The van der Waals surface area contributed by atoms with E-state index >= 15 is 0 Å². The van der Waals surface area contributed by atoms with E-state index in [0.29, 0.717) is 22.3 Å².